The average molecular weight is 277 g/mol. The highest BCUT2D eigenvalue weighted by Crippen LogP contribution is 2.43. The third-order valence-corrected chi connectivity index (χ3v) is 3.86. The van der Waals surface area contributed by atoms with E-state index in [0.29, 0.717) is 0 Å². The summed E-state index contributed by atoms with van der Waals surface area (Å²) in [6.45, 7) is 1.95. The molecule has 1 atom stereocenters. The number of H-pyrrole nitrogens is 1. The van der Waals surface area contributed by atoms with E-state index in [-0.39, 0.29) is 5.82 Å². The monoisotopic (exact) mass is 277 g/mol. The molecule has 19 heavy (non-hydrogen) atoms. The van der Waals surface area contributed by atoms with Crippen molar-refractivity contribution in [3.63, 3.8) is 0 Å². The zero-order valence-electron chi connectivity index (χ0n) is 10.2. The van der Waals surface area contributed by atoms with Crippen LogP contribution < -0.4 is 10.6 Å². The van der Waals surface area contributed by atoms with Gasteiger partial charge in [-0.15, -0.1) is 0 Å². The van der Waals surface area contributed by atoms with Crippen LogP contribution in [0.15, 0.2) is 35.6 Å². The summed E-state index contributed by atoms with van der Waals surface area (Å²) in [6.07, 6.45) is 4.99. The number of aromatic amines is 1. The summed E-state index contributed by atoms with van der Waals surface area (Å²) in [7, 11) is 0. The number of rotatable bonds is 2. The van der Waals surface area contributed by atoms with Crippen LogP contribution in [0, 0.1) is 5.82 Å². The van der Waals surface area contributed by atoms with Gasteiger partial charge in [-0.05, 0) is 19.1 Å². The first-order valence-corrected chi connectivity index (χ1v) is 6.58. The molecule has 3 heterocycles. The molecule has 2 aromatic rings. The van der Waals surface area contributed by atoms with Crippen molar-refractivity contribution in [2.75, 3.05) is 4.90 Å². The number of aromatic nitrogens is 3. The molecule has 3 N–H and O–H groups in total. The number of pyridine rings is 1. The predicted octanol–water partition coefficient (Wildman–Crippen LogP) is 2.13. The van der Waals surface area contributed by atoms with Gasteiger partial charge in [0.2, 0.25) is 0 Å². The molecule has 0 saturated carbocycles. The molecule has 0 amide bonds. The van der Waals surface area contributed by atoms with Crippen LogP contribution in [0.2, 0.25) is 0 Å². The van der Waals surface area contributed by atoms with E-state index in [4.69, 9.17) is 5.73 Å². The van der Waals surface area contributed by atoms with Gasteiger partial charge < -0.3 is 5.73 Å². The number of nitrogens with two attached hydrogens (primary N) is 1. The largest absolute Gasteiger partial charge is 0.302 e. The normalized spacial score (nSPS) is 19.3. The summed E-state index contributed by atoms with van der Waals surface area (Å²) in [6, 6.07) is 2.93. The molecule has 1 aliphatic rings. The van der Waals surface area contributed by atoms with Crippen molar-refractivity contribution in [1.29, 1.82) is 0 Å². The van der Waals surface area contributed by atoms with E-state index < -0.39 is 11.3 Å². The van der Waals surface area contributed by atoms with Crippen molar-refractivity contribution in [3.8, 4) is 0 Å². The topological polar surface area (TPSA) is 70.8 Å². The van der Waals surface area contributed by atoms with Gasteiger partial charge in [-0.25, -0.2) is 9.37 Å². The van der Waals surface area contributed by atoms with Gasteiger partial charge in [0.05, 0.1) is 11.9 Å². The lowest BCUT2D eigenvalue weighted by atomic mass is 10.2. The van der Waals surface area contributed by atoms with Crippen molar-refractivity contribution < 1.29 is 4.39 Å². The molecule has 0 bridgehead atoms. The number of allylic oxidation sites excluding steroid dienone is 1. The van der Waals surface area contributed by atoms with E-state index in [0.717, 1.165) is 16.2 Å². The SMILES string of the molecule is CC1=C(c2cn[nH]c2)N(c2ncccc2F)C(N)S1. The van der Waals surface area contributed by atoms with E-state index in [1.165, 1.54) is 17.8 Å². The van der Waals surface area contributed by atoms with Crippen LogP contribution in [-0.2, 0) is 0 Å². The van der Waals surface area contributed by atoms with Crippen LogP contribution in [0.4, 0.5) is 10.2 Å². The molecule has 1 unspecified atom stereocenters. The van der Waals surface area contributed by atoms with Crippen molar-refractivity contribution >= 4 is 23.3 Å². The fourth-order valence-electron chi connectivity index (χ4n) is 2.09. The highest BCUT2D eigenvalue weighted by molar-refractivity contribution is 8.04. The second kappa shape index (κ2) is 4.67. The van der Waals surface area contributed by atoms with E-state index >= 15 is 0 Å². The third kappa shape index (κ3) is 2.00. The van der Waals surface area contributed by atoms with Gasteiger partial charge in [0.15, 0.2) is 11.6 Å². The van der Waals surface area contributed by atoms with E-state index in [1.54, 1.807) is 29.6 Å². The fraction of sp³-hybridized carbons (Fsp3) is 0.167. The molecule has 3 rings (SSSR count). The smallest absolute Gasteiger partial charge is 0.171 e. The lowest BCUT2D eigenvalue weighted by Crippen LogP contribution is -2.35. The molecule has 0 fully saturated rings. The fourth-order valence-corrected chi connectivity index (χ4v) is 3.09. The molecule has 5 nitrogen and oxygen atoms in total. The zero-order chi connectivity index (χ0) is 13.4. The van der Waals surface area contributed by atoms with Crippen molar-refractivity contribution in [1.82, 2.24) is 15.2 Å². The summed E-state index contributed by atoms with van der Waals surface area (Å²) in [5, 5.41) is 6.68. The molecular weight excluding hydrogens is 265 g/mol. The molecule has 0 saturated heterocycles. The first-order valence-electron chi connectivity index (χ1n) is 5.70. The van der Waals surface area contributed by atoms with Gasteiger partial charge in [0.1, 0.15) is 5.50 Å². The molecule has 1 aliphatic heterocycles. The summed E-state index contributed by atoms with van der Waals surface area (Å²) in [5.41, 5.74) is 7.38. The molecule has 0 spiro atoms. The minimum absolute atomic E-state index is 0.232. The van der Waals surface area contributed by atoms with Crippen LogP contribution in [0.1, 0.15) is 12.5 Å². The second-order valence-corrected chi connectivity index (χ2v) is 5.41. The van der Waals surface area contributed by atoms with Gasteiger partial charge >= 0.3 is 0 Å². The van der Waals surface area contributed by atoms with Gasteiger partial charge in [0.25, 0.3) is 0 Å². The Morgan fingerprint density at radius 3 is 3.05 bits per heavy atom. The number of thioether (sulfide) groups is 1. The quantitative estimate of drug-likeness (QED) is 0.880. The number of halogens is 1. The number of hydrogen-bond acceptors (Lipinski definition) is 5. The van der Waals surface area contributed by atoms with Gasteiger partial charge in [-0.2, -0.15) is 5.10 Å². The van der Waals surface area contributed by atoms with E-state index in [9.17, 15) is 4.39 Å². The maximum atomic E-state index is 13.9. The maximum Gasteiger partial charge on any atom is 0.171 e. The number of anilines is 1. The van der Waals surface area contributed by atoms with Crippen LogP contribution in [0.3, 0.4) is 0 Å². The Balaban J connectivity index is 2.11. The van der Waals surface area contributed by atoms with Gasteiger partial charge in [-0.3, -0.25) is 10.00 Å². The molecular formula is C12H12FN5S. The van der Waals surface area contributed by atoms with Gasteiger partial charge in [-0.1, -0.05) is 11.8 Å². The molecule has 0 aromatic carbocycles. The van der Waals surface area contributed by atoms with Crippen molar-refractivity contribution in [2.24, 2.45) is 5.73 Å². The minimum Gasteiger partial charge on any atom is -0.302 e. The maximum absolute atomic E-state index is 13.9. The van der Waals surface area contributed by atoms with Crippen LogP contribution in [-0.4, -0.2) is 20.7 Å². The van der Waals surface area contributed by atoms with Gasteiger partial charge in [0, 0.05) is 22.9 Å². The number of hydrogen-bond donors (Lipinski definition) is 2. The Kier molecular flexibility index (Phi) is 3.00. The number of nitrogens with zero attached hydrogens (tertiary/aromatic N) is 3. The molecule has 0 aliphatic carbocycles. The lowest BCUT2D eigenvalue weighted by Gasteiger charge is -2.24. The number of nitrogens with one attached hydrogen (secondary N) is 1. The van der Waals surface area contributed by atoms with Crippen molar-refractivity contribution in [3.05, 3.63) is 47.0 Å². The zero-order valence-corrected chi connectivity index (χ0v) is 11.0. The van der Waals surface area contributed by atoms with Crippen molar-refractivity contribution in [2.45, 2.75) is 12.4 Å². The molecule has 98 valence electrons. The lowest BCUT2D eigenvalue weighted by molar-refractivity contribution is 0.617. The minimum atomic E-state index is -0.394. The summed E-state index contributed by atoms with van der Waals surface area (Å²) in [4.78, 5) is 6.81. The Hall–Kier alpha value is -1.86. The Morgan fingerprint density at radius 2 is 2.37 bits per heavy atom. The summed E-state index contributed by atoms with van der Waals surface area (Å²) < 4.78 is 13.9. The highest BCUT2D eigenvalue weighted by atomic mass is 32.2. The second-order valence-electron chi connectivity index (χ2n) is 4.08. The molecule has 0 radical (unpaired) electrons. The summed E-state index contributed by atoms with van der Waals surface area (Å²) >= 11 is 1.47. The summed E-state index contributed by atoms with van der Waals surface area (Å²) in [5.74, 6) is -0.162. The van der Waals surface area contributed by atoms with Crippen LogP contribution in [0.25, 0.3) is 5.70 Å². The van der Waals surface area contributed by atoms with Crippen LogP contribution in [0.5, 0.6) is 0 Å². The van der Waals surface area contributed by atoms with E-state index in [1.807, 2.05) is 6.92 Å². The average Bonchev–Trinajstić information content (AvgIpc) is 2.98. The molecule has 2 aromatic heterocycles. The first-order chi connectivity index (χ1) is 9.18. The highest BCUT2D eigenvalue weighted by Gasteiger charge is 2.33. The standard InChI is InChI=1S/C12H12FN5S/c1-7-10(8-5-16-17-6-8)18(12(14)19-7)11-9(13)3-2-4-15-11/h2-6,12H,14H2,1H3,(H,16,17). The third-order valence-electron chi connectivity index (χ3n) is 2.87. The Labute approximate surface area is 113 Å². The van der Waals surface area contributed by atoms with Crippen LogP contribution >= 0.6 is 11.8 Å². The first kappa shape index (κ1) is 12.2. The Morgan fingerprint density at radius 1 is 1.53 bits per heavy atom. The van der Waals surface area contributed by atoms with E-state index in [2.05, 4.69) is 15.2 Å². The molecule has 7 heteroatoms. The Bertz CT molecular complexity index is 625. The predicted molar refractivity (Wildman–Crippen MR) is 73.4 cm³/mol.